The lowest BCUT2D eigenvalue weighted by Gasteiger charge is -2.38. The quantitative estimate of drug-likeness (QED) is 0.819. The molecule has 2 aliphatic rings. The van der Waals surface area contributed by atoms with Crippen LogP contribution >= 0.6 is 0 Å². The number of aldehydes is 1. The molecule has 1 aromatic rings. The number of carbonyl (C=O) groups is 2. The maximum absolute atomic E-state index is 13.5. The summed E-state index contributed by atoms with van der Waals surface area (Å²) in [5.41, 5.74) is 0.826. The Kier molecular flexibility index (Phi) is 4.76. The summed E-state index contributed by atoms with van der Waals surface area (Å²) in [6.45, 7) is 1.19. The third-order valence-corrected chi connectivity index (χ3v) is 5.39. The highest BCUT2D eigenvalue weighted by atomic mass is 19.1. The SMILES string of the molecule is O=CC1CN(C(CC(=O)O)C2CCC2)CC1c1cccc(F)c1. The van der Waals surface area contributed by atoms with Crippen LogP contribution in [0, 0.1) is 17.7 Å². The second kappa shape index (κ2) is 6.79. The summed E-state index contributed by atoms with van der Waals surface area (Å²) in [7, 11) is 0. The van der Waals surface area contributed by atoms with Gasteiger partial charge >= 0.3 is 5.97 Å². The van der Waals surface area contributed by atoms with Gasteiger partial charge in [-0.05, 0) is 36.5 Å². The largest absolute Gasteiger partial charge is 0.481 e. The molecule has 4 nitrogen and oxygen atoms in total. The van der Waals surface area contributed by atoms with Crippen molar-refractivity contribution in [3.05, 3.63) is 35.6 Å². The van der Waals surface area contributed by atoms with Gasteiger partial charge in [0.05, 0.1) is 6.42 Å². The van der Waals surface area contributed by atoms with Gasteiger partial charge in [0.2, 0.25) is 0 Å². The Bertz CT molecular complexity index is 587. The Morgan fingerprint density at radius 3 is 2.74 bits per heavy atom. The molecular weight excluding hydrogens is 297 g/mol. The predicted molar refractivity (Wildman–Crippen MR) is 83.6 cm³/mol. The minimum Gasteiger partial charge on any atom is -0.481 e. The third-order valence-electron chi connectivity index (χ3n) is 5.39. The van der Waals surface area contributed by atoms with Crippen molar-refractivity contribution in [2.24, 2.45) is 11.8 Å². The number of carbonyl (C=O) groups excluding carboxylic acids is 1. The van der Waals surface area contributed by atoms with Gasteiger partial charge in [-0.15, -0.1) is 0 Å². The molecule has 3 atom stereocenters. The molecule has 1 saturated carbocycles. The Morgan fingerprint density at radius 1 is 1.39 bits per heavy atom. The van der Waals surface area contributed by atoms with E-state index in [9.17, 15) is 19.1 Å². The number of rotatable bonds is 6. The molecule has 3 rings (SSSR count). The lowest BCUT2D eigenvalue weighted by Crippen LogP contribution is -2.43. The number of halogens is 1. The summed E-state index contributed by atoms with van der Waals surface area (Å²) in [5, 5.41) is 9.21. The van der Waals surface area contributed by atoms with Crippen LogP contribution in [0.2, 0.25) is 0 Å². The first-order valence-corrected chi connectivity index (χ1v) is 8.25. The van der Waals surface area contributed by atoms with Crippen LogP contribution in [0.4, 0.5) is 4.39 Å². The van der Waals surface area contributed by atoms with Crippen LogP contribution in [0.3, 0.4) is 0 Å². The van der Waals surface area contributed by atoms with E-state index in [2.05, 4.69) is 4.90 Å². The summed E-state index contributed by atoms with van der Waals surface area (Å²) >= 11 is 0. The monoisotopic (exact) mass is 319 g/mol. The molecule has 23 heavy (non-hydrogen) atoms. The van der Waals surface area contributed by atoms with Gasteiger partial charge in [0.15, 0.2) is 0 Å². The van der Waals surface area contributed by atoms with Crippen molar-refractivity contribution in [1.29, 1.82) is 0 Å². The molecular formula is C18H22FNO3. The van der Waals surface area contributed by atoms with Crippen LogP contribution in [0.25, 0.3) is 0 Å². The second-order valence-corrected chi connectivity index (χ2v) is 6.77. The van der Waals surface area contributed by atoms with Gasteiger partial charge in [-0.2, -0.15) is 0 Å². The highest BCUT2D eigenvalue weighted by molar-refractivity contribution is 5.67. The fourth-order valence-corrected chi connectivity index (χ4v) is 3.96. The van der Waals surface area contributed by atoms with Crippen LogP contribution in [0.1, 0.15) is 37.2 Å². The van der Waals surface area contributed by atoms with Gasteiger partial charge in [-0.3, -0.25) is 9.69 Å². The average Bonchev–Trinajstić information content (AvgIpc) is 2.88. The average molecular weight is 319 g/mol. The first-order chi connectivity index (χ1) is 11.1. The number of nitrogens with zero attached hydrogens (tertiary/aromatic N) is 1. The van der Waals surface area contributed by atoms with E-state index in [-0.39, 0.29) is 30.1 Å². The van der Waals surface area contributed by atoms with Crippen LogP contribution in [0.15, 0.2) is 24.3 Å². The summed E-state index contributed by atoms with van der Waals surface area (Å²) in [6, 6.07) is 6.38. The number of hydrogen-bond acceptors (Lipinski definition) is 3. The van der Waals surface area contributed by atoms with Crippen LogP contribution in [-0.4, -0.2) is 41.4 Å². The van der Waals surface area contributed by atoms with Crippen molar-refractivity contribution in [3.63, 3.8) is 0 Å². The summed E-state index contributed by atoms with van der Waals surface area (Å²) in [4.78, 5) is 24.8. The molecule has 124 valence electrons. The molecule has 2 fully saturated rings. The minimum atomic E-state index is -0.793. The molecule has 3 unspecified atom stereocenters. The van der Waals surface area contributed by atoms with Crippen LogP contribution in [-0.2, 0) is 9.59 Å². The van der Waals surface area contributed by atoms with E-state index >= 15 is 0 Å². The molecule has 0 amide bonds. The van der Waals surface area contributed by atoms with Gasteiger partial charge < -0.3 is 9.90 Å². The summed E-state index contributed by atoms with van der Waals surface area (Å²) < 4.78 is 13.5. The van der Waals surface area contributed by atoms with Gasteiger partial charge in [-0.25, -0.2) is 4.39 Å². The van der Waals surface area contributed by atoms with Crippen molar-refractivity contribution in [1.82, 2.24) is 4.90 Å². The van der Waals surface area contributed by atoms with Crippen molar-refractivity contribution in [2.75, 3.05) is 13.1 Å². The molecule has 1 saturated heterocycles. The van der Waals surface area contributed by atoms with Crippen molar-refractivity contribution < 1.29 is 19.1 Å². The Labute approximate surface area is 135 Å². The number of hydrogen-bond donors (Lipinski definition) is 1. The zero-order chi connectivity index (χ0) is 16.4. The lowest BCUT2D eigenvalue weighted by atomic mass is 9.78. The highest BCUT2D eigenvalue weighted by Gasteiger charge is 2.41. The van der Waals surface area contributed by atoms with E-state index in [4.69, 9.17) is 0 Å². The molecule has 0 aromatic heterocycles. The Hall–Kier alpha value is -1.75. The number of carboxylic acid groups (broad SMARTS) is 1. The molecule has 1 aromatic carbocycles. The van der Waals surface area contributed by atoms with Gasteiger partial charge in [0.1, 0.15) is 12.1 Å². The van der Waals surface area contributed by atoms with E-state index in [1.165, 1.54) is 12.1 Å². The topological polar surface area (TPSA) is 57.6 Å². The van der Waals surface area contributed by atoms with Crippen LogP contribution in [0.5, 0.6) is 0 Å². The molecule has 5 heteroatoms. The molecule has 1 N–H and O–H groups in total. The molecule has 0 bridgehead atoms. The zero-order valence-electron chi connectivity index (χ0n) is 13.0. The maximum Gasteiger partial charge on any atom is 0.304 e. The Balaban J connectivity index is 1.79. The van der Waals surface area contributed by atoms with E-state index in [0.29, 0.717) is 19.0 Å². The van der Waals surface area contributed by atoms with E-state index in [1.54, 1.807) is 6.07 Å². The van der Waals surface area contributed by atoms with E-state index in [0.717, 1.165) is 31.1 Å². The lowest BCUT2D eigenvalue weighted by molar-refractivity contribution is -0.139. The first kappa shape index (κ1) is 16.1. The smallest absolute Gasteiger partial charge is 0.304 e. The Morgan fingerprint density at radius 2 is 2.17 bits per heavy atom. The predicted octanol–water partition coefficient (Wildman–Crippen LogP) is 2.68. The minimum absolute atomic E-state index is 0.0118. The third kappa shape index (κ3) is 3.44. The molecule has 0 spiro atoms. The zero-order valence-corrected chi connectivity index (χ0v) is 13.0. The number of carboxylic acids is 1. The summed E-state index contributed by atoms with van der Waals surface area (Å²) in [5.74, 6) is -0.942. The highest BCUT2D eigenvalue weighted by Crippen LogP contribution is 2.39. The van der Waals surface area contributed by atoms with Crippen LogP contribution < -0.4 is 0 Å². The van der Waals surface area contributed by atoms with E-state index < -0.39 is 5.97 Å². The number of benzene rings is 1. The maximum atomic E-state index is 13.5. The van der Waals surface area contributed by atoms with Crippen molar-refractivity contribution >= 4 is 12.3 Å². The normalized spacial score (nSPS) is 26.7. The first-order valence-electron chi connectivity index (χ1n) is 8.25. The van der Waals surface area contributed by atoms with E-state index in [1.807, 2.05) is 6.07 Å². The van der Waals surface area contributed by atoms with Gasteiger partial charge in [-0.1, -0.05) is 18.6 Å². The molecule has 1 aliphatic heterocycles. The fraction of sp³-hybridized carbons (Fsp3) is 0.556. The number of likely N-dealkylation sites (tertiary alicyclic amines) is 1. The molecule has 0 radical (unpaired) electrons. The standard InChI is InChI=1S/C18H22FNO3/c19-15-6-2-5-13(7-15)16-10-20(9-14(16)11-21)17(8-18(22)23)12-3-1-4-12/h2,5-7,11-12,14,16-17H,1,3-4,8-10H2,(H,22,23). The molecule has 1 heterocycles. The molecule has 1 aliphatic carbocycles. The number of aliphatic carboxylic acids is 1. The second-order valence-electron chi connectivity index (χ2n) is 6.77. The fourth-order valence-electron chi connectivity index (χ4n) is 3.96. The summed E-state index contributed by atoms with van der Waals surface area (Å²) in [6.07, 6.45) is 4.33. The van der Waals surface area contributed by atoms with Gasteiger partial charge in [0.25, 0.3) is 0 Å². The van der Waals surface area contributed by atoms with Crippen molar-refractivity contribution in [2.45, 2.75) is 37.6 Å². The van der Waals surface area contributed by atoms with Crippen molar-refractivity contribution in [3.8, 4) is 0 Å². The van der Waals surface area contributed by atoms with Gasteiger partial charge in [0, 0.05) is 31.0 Å².